The number of hydrogen-bond acceptors (Lipinski definition) is 4. The fourth-order valence-corrected chi connectivity index (χ4v) is 1.69. The van der Waals surface area contributed by atoms with Gasteiger partial charge in [-0.15, -0.1) is 0 Å². The van der Waals surface area contributed by atoms with Gasteiger partial charge in [-0.05, 0) is 30.3 Å². The first-order valence-electron chi connectivity index (χ1n) is 6.45. The molecule has 0 aliphatic heterocycles. The highest BCUT2D eigenvalue weighted by Gasteiger charge is 2.08. The molecule has 21 heavy (non-hydrogen) atoms. The molecular weight excluding hydrogens is 273 g/mol. The molecule has 5 nitrogen and oxygen atoms in total. The number of amides is 1. The predicted octanol–water partition coefficient (Wildman–Crippen LogP) is 2.53. The van der Waals surface area contributed by atoms with Gasteiger partial charge in [0.15, 0.2) is 0 Å². The highest BCUT2D eigenvalue weighted by atomic mass is 19.1. The molecule has 2 rings (SSSR count). The number of carbonyl (C=O) groups is 1. The number of nitrogens with zero attached hydrogens (tertiary/aromatic N) is 1. The van der Waals surface area contributed by atoms with Crippen LogP contribution in [0, 0.1) is 5.82 Å². The lowest BCUT2D eigenvalue weighted by molar-refractivity contribution is 0.102. The molecule has 110 valence electrons. The molecule has 1 aromatic heterocycles. The van der Waals surface area contributed by atoms with Crippen molar-refractivity contribution in [3.8, 4) is 0 Å². The number of pyridine rings is 1. The topological polar surface area (TPSA) is 63.2 Å². The van der Waals surface area contributed by atoms with Crippen molar-refractivity contribution in [2.45, 2.75) is 0 Å². The van der Waals surface area contributed by atoms with Crippen molar-refractivity contribution in [1.82, 2.24) is 4.98 Å². The van der Waals surface area contributed by atoms with Crippen LogP contribution in [-0.4, -0.2) is 31.2 Å². The minimum atomic E-state index is -0.404. The molecule has 0 saturated carbocycles. The summed E-state index contributed by atoms with van der Waals surface area (Å²) in [6.07, 6.45) is 1.57. The number of nitrogens with one attached hydrogen (secondary N) is 2. The lowest BCUT2D eigenvalue weighted by atomic mass is 10.2. The Morgan fingerprint density at radius 1 is 1.29 bits per heavy atom. The minimum Gasteiger partial charge on any atom is -0.383 e. The van der Waals surface area contributed by atoms with E-state index in [-0.39, 0.29) is 11.6 Å². The Morgan fingerprint density at radius 2 is 2.14 bits per heavy atom. The summed E-state index contributed by atoms with van der Waals surface area (Å²) in [6.45, 7) is 1.24. The highest BCUT2D eigenvalue weighted by molar-refractivity contribution is 6.02. The number of methoxy groups -OCH3 is 1. The standard InChI is InChI=1S/C15H16FN3O2/c1-21-8-7-17-13-5-6-14(18-10-13)15(20)19-12-4-2-3-11(16)9-12/h2-6,9-10,17H,7-8H2,1H3,(H,19,20). The van der Waals surface area contributed by atoms with Crippen LogP contribution in [0.15, 0.2) is 42.6 Å². The van der Waals surface area contributed by atoms with Crippen LogP contribution in [0.1, 0.15) is 10.5 Å². The van der Waals surface area contributed by atoms with Gasteiger partial charge in [0, 0.05) is 19.3 Å². The third kappa shape index (κ3) is 4.54. The molecule has 0 bridgehead atoms. The van der Waals surface area contributed by atoms with Gasteiger partial charge >= 0.3 is 0 Å². The molecule has 0 aliphatic rings. The van der Waals surface area contributed by atoms with Crippen LogP contribution in [-0.2, 0) is 4.74 Å². The summed E-state index contributed by atoms with van der Waals surface area (Å²) in [7, 11) is 1.62. The van der Waals surface area contributed by atoms with E-state index in [1.807, 2.05) is 0 Å². The summed E-state index contributed by atoms with van der Waals surface area (Å²) in [4.78, 5) is 16.0. The molecule has 0 fully saturated rings. The molecule has 0 unspecified atom stereocenters. The quantitative estimate of drug-likeness (QED) is 0.802. The summed E-state index contributed by atoms with van der Waals surface area (Å²) >= 11 is 0. The Balaban J connectivity index is 1.96. The van der Waals surface area contributed by atoms with Gasteiger partial charge in [0.2, 0.25) is 0 Å². The van der Waals surface area contributed by atoms with Gasteiger partial charge in [-0.3, -0.25) is 4.79 Å². The van der Waals surface area contributed by atoms with Gasteiger partial charge in [-0.2, -0.15) is 0 Å². The van der Waals surface area contributed by atoms with Gasteiger partial charge in [0.25, 0.3) is 5.91 Å². The molecule has 0 aliphatic carbocycles. The fraction of sp³-hybridized carbons (Fsp3) is 0.200. The number of carbonyl (C=O) groups excluding carboxylic acids is 1. The summed E-state index contributed by atoms with van der Waals surface area (Å²) in [5.41, 5.74) is 1.45. The summed E-state index contributed by atoms with van der Waals surface area (Å²) in [5, 5.41) is 5.69. The maximum Gasteiger partial charge on any atom is 0.274 e. The number of ether oxygens (including phenoxy) is 1. The second-order valence-corrected chi connectivity index (χ2v) is 4.32. The zero-order valence-corrected chi connectivity index (χ0v) is 11.6. The Hall–Kier alpha value is -2.47. The third-order valence-electron chi connectivity index (χ3n) is 2.71. The lowest BCUT2D eigenvalue weighted by Crippen LogP contribution is -2.14. The lowest BCUT2D eigenvalue weighted by Gasteiger charge is -2.07. The molecular formula is C15H16FN3O2. The zero-order chi connectivity index (χ0) is 15.1. The van der Waals surface area contributed by atoms with Crippen LogP contribution in [0.2, 0.25) is 0 Å². The molecule has 6 heteroatoms. The Morgan fingerprint density at radius 3 is 2.81 bits per heavy atom. The predicted molar refractivity (Wildman–Crippen MR) is 79.0 cm³/mol. The van der Waals surface area contributed by atoms with E-state index < -0.39 is 5.82 Å². The number of aromatic nitrogens is 1. The van der Waals surface area contributed by atoms with Crippen LogP contribution >= 0.6 is 0 Å². The number of halogens is 1. The van der Waals surface area contributed by atoms with E-state index >= 15 is 0 Å². The van der Waals surface area contributed by atoms with Crippen molar-refractivity contribution in [3.05, 3.63) is 54.1 Å². The van der Waals surface area contributed by atoms with Crippen molar-refractivity contribution in [2.24, 2.45) is 0 Å². The summed E-state index contributed by atoms with van der Waals surface area (Å²) < 4.78 is 18.0. The van der Waals surface area contributed by atoms with Gasteiger partial charge in [-0.25, -0.2) is 9.37 Å². The van der Waals surface area contributed by atoms with E-state index in [1.165, 1.54) is 18.2 Å². The van der Waals surface area contributed by atoms with Crippen molar-refractivity contribution >= 4 is 17.3 Å². The monoisotopic (exact) mass is 289 g/mol. The number of rotatable bonds is 6. The van der Waals surface area contributed by atoms with Gasteiger partial charge < -0.3 is 15.4 Å². The Bertz CT molecular complexity index is 602. The molecule has 2 N–H and O–H groups in total. The van der Waals surface area contributed by atoms with Crippen LogP contribution in [0.3, 0.4) is 0 Å². The average Bonchev–Trinajstić information content (AvgIpc) is 2.48. The van der Waals surface area contributed by atoms with Crippen LogP contribution in [0.25, 0.3) is 0 Å². The van der Waals surface area contributed by atoms with Crippen molar-refractivity contribution < 1.29 is 13.9 Å². The van der Waals surface area contributed by atoms with Gasteiger partial charge in [0.05, 0.1) is 18.5 Å². The van der Waals surface area contributed by atoms with Crippen LogP contribution in [0.5, 0.6) is 0 Å². The average molecular weight is 289 g/mol. The zero-order valence-electron chi connectivity index (χ0n) is 11.6. The van der Waals surface area contributed by atoms with E-state index in [0.717, 1.165) is 5.69 Å². The molecule has 0 spiro atoms. The van der Waals surface area contributed by atoms with Crippen molar-refractivity contribution in [1.29, 1.82) is 0 Å². The molecule has 0 saturated heterocycles. The Labute approximate surface area is 122 Å². The van der Waals surface area contributed by atoms with E-state index in [9.17, 15) is 9.18 Å². The van der Waals surface area contributed by atoms with Crippen LogP contribution < -0.4 is 10.6 Å². The maximum absolute atomic E-state index is 13.0. The number of benzene rings is 1. The van der Waals surface area contributed by atoms with E-state index in [2.05, 4.69) is 15.6 Å². The molecule has 1 aromatic carbocycles. The summed E-state index contributed by atoms with van der Waals surface area (Å²) in [6, 6.07) is 9.06. The minimum absolute atomic E-state index is 0.261. The first-order valence-corrected chi connectivity index (χ1v) is 6.45. The third-order valence-corrected chi connectivity index (χ3v) is 2.71. The van der Waals surface area contributed by atoms with Crippen molar-refractivity contribution in [3.63, 3.8) is 0 Å². The van der Waals surface area contributed by atoms with Crippen molar-refractivity contribution in [2.75, 3.05) is 30.9 Å². The molecule has 2 aromatic rings. The number of anilines is 2. The highest BCUT2D eigenvalue weighted by Crippen LogP contribution is 2.11. The van der Waals surface area contributed by atoms with Gasteiger partial charge in [0.1, 0.15) is 11.5 Å². The first kappa shape index (κ1) is 14.9. The SMILES string of the molecule is COCCNc1ccc(C(=O)Nc2cccc(F)c2)nc1. The maximum atomic E-state index is 13.0. The first-order chi connectivity index (χ1) is 10.2. The smallest absolute Gasteiger partial charge is 0.274 e. The largest absolute Gasteiger partial charge is 0.383 e. The molecule has 0 atom stereocenters. The normalized spacial score (nSPS) is 10.2. The van der Waals surface area contributed by atoms with E-state index in [4.69, 9.17) is 4.74 Å². The molecule has 1 heterocycles. The molecule has 0 radical (unpaired) electrons. The van der Waals surface area contributed by atoms with E-state index in [0.29, 0.717) is 18.8 Å². The second-order valence-electron chi connectivity index (χ2n) is 4.32. The number of hydrogen-bond donors (Lipinski definition) is 2. The van der Waals surface area contributed by atoms with Crippen LogP contribution in [0.4, 0.5) is 15.8 Å². The second kappa shape index (κ2) is 7.35. The Kier molecular flexibility index (Phi) is 5.22. The van der Waals surface area contributed by atoms with E-state index in [1.54, 1.807) is 31.5 Å². The fourth-order valence-electron chi connectivity index (χ4n) is 1.69. The van der Waals surface area contributed by atoms with Gasteiger partial charge in [-0.1, -0.05) is 6.07 Å². The molecule has 1 amide bonds. The summed E-state index contributed by atoms with van der Waals surface area (Å²) in [5.74, 6) is -0.789.